The van der Waals surface area contributed by atoms with Crippen LogP contribution in [0.4, 0.5) is 5.69 Å². The standard InChI is InChI=1S/C23H32N2O5S/c1-16-12-17(2)23(18(3)13-16)25(31(6,27)28)15-22(26)24-11-7-8-19-9-10-20(29-4)21(14-19)30-5/h9-10,12-14H,7-8,11,15H2,1-6H3,(H,24,26). The Morgan fingerprint density at radius 2 is 1.61 bits per heavy atom. The summed E-state index contributed by atoms with van der Waals surface area (Å²) in [6, 6.07) is 9.55. The fraction of sp³-hybridized carbons (Fsp3) is 0.435. The molecular weight excluding hydrogens is 416 g/mol. The summed E-state index contributed by atoms with van der Waals surface area (Å²) < 4.78 is 36.5. The van der Waals surface area contributed by atoms with Gasteiger partial charge in [-0.05, 0) is 62.4 Å². The Bertz CT molecular complexity index is 1010. The lowest BCUT2D eigenvalue weighted by Crippen LogP contribution is -2.41. The summed E-state index contributed by atoms with van der Waals surface area (Å²) >= 11 is 0. The summed E-state index contributed by atoms with van der Waals surface area (Å²) in [7, 11) is -0.432. The molecule has 0 bridgehead atoms. The Morgan fingerprint density at radius 3 is 2.16 bits per heavy atom. The highest BCUT2D eigenvalue weighted by atomic mass is 32.2. The van der Waals surface area contributed by atoms with Crippen molar-refractivity contribution in [2.24, 2.45) is 0 Å². The van der Waals surface area contributed by atoms with Gasteiger partial charge < -0.3 is 14.8 Å². The number of amides is 1. The van der Waals surface area contributed by atoms with Gasteiger partial charge in [0, 0.05) is 6.54 Å². The number of nitrogens with zero attached hydrogens (tertiary/aromatic N) is 1. The van der Waals surface area contributed by atoms with Gasteiger partial charge in [0.2, 0.25) is 15.9 Å². The SMILES string of the molecule is COc1ccc(CCCNC(=O)CN(c2c(C)cc(C)cc2C)S(C)(=O)=O)cc1OC. The molecule has 0 spiro atoms. The second kappa shape index (κ2) is 10.5. The number of sulfonamides is 1. The van der Waals surface area contributed by atoms with Crippen molar-refractivity contribution in [2.45, 2.75) is 33.6 Å². The van der Waals surface area contributed by atoms with Crippen LogP contribution < -0.4 is 19.1 Å². The van der Waals surface area contributed by atoms with Gasteiger partial charge in [0.15, 0.2) is 11.5 Å². The van der Waals surface area contributed by atoms with Crippen molar-refractivity contribution in [1.29, 1.82) is 0 Å². The van der Waals surface area contributed by atoms with E-state index in [0.717, 1.165) is 34.9 Å². The molecule has 0 saturated heterocycles. The van der Waals surface area contributed by atoms with Gasteiger partial charge in [-0.1, -0.05) is 23.8 Å². The lowest BCUT2D eigenvalue weighted by atomic mass is 10.1. The number of anilines is 1. The van der Waals surface area contributed by atoms with E-state index >= 15 is 0 Å². The number of hydrogen-bond donors (Lipinski definition) is 1. The van der Waals surface area contributed by atoms with Crippen LogP contribution in [0, 0.1) is 20.8 Å². The lowest BCUT2D eigenvalue weighted by molar-refractivity contribution is -0.119. The normalized spacial score (nSPS) is 11.2. The first-order chi connectivity index (χ1) is 14.6. The van der Waals surface area contributed by atoms with Crippen LogP contribution in [-0.4, -0.2) is 47.9 Å². The molecule has 31 heavy (non-hydrogen) atoms. The molecule has 0 saturated carbocycles. The molecule has 2 rings (SSSR count). The van der Waals surface area contributed by atoms with E-state index in [9.17, 15) is 13.2 Å². The van der Waals surface area contributed by atoms with Gasteiger partial charge in [0.25, 0.3) is 0 Å². The maximum atomic E-state index is 12.5. The number of rotatable bonds is 10. The van der Waals surface area contributed by atoms with Crippen LogP contribution >= 0.6 is 0 Å². The van der Waals surface area contributed by atoms with Crippen LogP contribution in [0.25, 0.3) is 0 Å². The van der Waals surface area contributed by atoms with Crippen LogP contribution in [0.3, 0.4) is 0 Å². The van der Waals surface area contributed by atoms with E-state index in [0.29, 0.717) is 30.2 Å². The van der Waals surface area contributed by atoms with E-state index in [4.69, 9.17) is 9.47 Å². The zero-order chi connectivity index (χ0) is 23.2. The van der Waals surface area contributed by atoms with Crippen molar-refractivity contribution < 1.29 is 22.7 Å². The third-order valence-electron chi connectivity index (χ3n) is 4.98. The number of methoxy groups -OCH3 is 2. The molecular formula is C23H32N2O5S. The Balaban J connectivity index is 1.99. The van der Waals surface area contributed by atoms with E-state index in [1.165, 1.54) is 4.31 Å². The molecule has 0 unspecified atom stereocenters. The predicted octanol–water partition coefficient (Wildman–Crippen LogP) is 3.14. The molecule has 0 radical (unpaired) electrons. The fourth-order valence-corrected chi connectivity index (χ4v) is 4.64. The Labute approximate surface area is 185 Å². The quantitative estimate of drug-likeness (QED) is 0.565. The molecule has 0 aliphatic rings. The van der Waals surface area contributed by atoms with E-state index < -0.39 is 10.0 Å². The zero-order valence-electron chi connectivity index (χ0n) is 19.1. The maximum Gasteiger partial charge on any atom is 0.240 e. The summed E-state index contributed by atoms with van der Waals surface area (Å²) in [4.78, 5) is 12.5. The molecule has 170 valence electrons. The topological polar surface area (TPSA) is 84.9 Å². The van der Waals surface area contributed by atoms with Crippen LogP contribution in [0.1, 0.15) is 28.7 Å². The molecule has 0 aromatic heterocycles. The molecule has 0 fully saturated rings. The summed E-state index contributed by atoms with van der Waals surface area (Å²) in [5, 5.41) is 2.83. The molecule has 0 aliphatic carbocycles. The average molecular weight is 449 g/mol. The monoisotopic (exact) mass is 448 g/mol. The van der Waals surface area contributed by atoms with Crippen LogP contribution in [-0.2, 0) is 21.2 Å². The van der Waals surface area contributed by atoms with Gasteiger partial charge in [-0.3, -0.25) is 9.10 Å². The van der Waals surface area contributed by atoms with Gasteiger partial charge in [0.1, 0.15) is 6.54 Å². The van der Waals surface area contributed by atoms with Gasteiger partial charge in [0.05, 0.1) is 26.2 Å². The van der Waals surface area contributed by atoms with Gasteiger partial charge in [-0.2, -0.15) is 0 Å². The van der Waals surface area contributed by atoms with Crippen molar-refractivity contribution >= 4 is 21.6 Å². The molecule has 0 aliphatic heterocycles. The highest BCUT2D eigenvalue weighted by molar-refractivity contribution is 7.92. The highest BCUT2D eigenvalue weighted by Gasteiger charge is 2.24. The largest absolute Gasteiger partial charge is 0.493 e. The minimum atomic E-state index is -3.61. The minimum absolute atomic E-state index is 0.250. The van der Waals surface area contributed by atoms with Gasteiger partial charge in [-0.25, -0.2) is 8.42 Å². The average Bonchev–Trinajstić information content (AvgIpc) is 2.68. The van der Waals surface area contributed by atoms with Crippen LogP contribution in [0.2, 0.25) is 0 Å². The van der Waals surface area contributed by atoms with Crippen molar-refractivity contribution in [3.8, 4) is 11.5 Å². The Hall–Kier alpha value is -2.74. The molecule has 8 heteroatoms. The number of carbonyl (C=O) groups excluding carboxylic acids is 1. The zero-order valence-corrected chi connectivity index (χ0v) is 19.9. The first-order valence-electron chi connectivity index (χ1n) is 10.1. The van der Waals surface area contributed by atoms with Gasteiger partial charge in [-0.15, -0.1) is 0 Å². The fourth-order valence-electron chi connectivity index (χ4n) is 3.67. The minimum Gasteiger partial charge on any atom is -0.493 e. The summed E-state index contributed by atoms with van der Waals surface area (Å²) in [5.41, 5.74) is 4.32. The maximum absolute atomic E-state index is 12.5. The molecule has 1 N–H and O–H groups in total. The van der Waals surface area contributed by atoms with Crippen LogP contribution in [0.15, 0.2) is 30.3 Å². The number of ether oxygens (including phenoxy) is 2. The van der Waals surface area contributed by atoms with Crippen molar-refractivity contribution in [1.82, 2.24) is 5.32 Å². The highest BCUT2D eigenvalue weighted by Crippen LogP contribution is 2.29. The number of nitrogens with one attached hydrogen (secondary N) is 1. The van der Waals surface area contributed by atoms with E-state index in [1.54, 1.807) is 14.2 Å². The summed E-state index contributed by atoms with van der Waals surface area (Å²) in [6.07, 6.45) is 2.57. The van der Waals surface area contributed by atoms with E-state index in [-0.39, 0.29) is 12.5 Å². The summed E-state index contributed by atoms with van der Waals surface area (Å²) in [5.74, 6) is 0.996. The molecule has 7 nitrogen and oxygen atoms in total. The van der Waals surface area contributed by atoms with Crippen LogP contribution in [0.5, 0.6) is 11.5 Å². The molecule has 2 aromatic rings. The number of carbonyl (C=O) groups is 1. The first kappa shape index (κ1) is 24.5. The summed E-state index contributed by atoms with van der Waals surface area (Å²) in [6.45, 7) is 5.86. The Kier molecular flexibility index (Phi) is 8.33. The lowest BCUT2D eigenvalue weighted by Gasteiger charge is -2.26. The Morgan fingerprint density at radius 1 is 1.00 bits per heavy atom. The second-order valence-electron chi connectivity index (χ2n) is 7.66. The van der Waals surface area contributed by atoms with Crippen molar-refractivity contribution in [3.05, 3.63) is 52.6 Å². The number of benzene rings is 2. The van der Waals surface area contributed by atoms with E-state index in [2.05, 4.69) is 5.32 Å². The van der Waals surface area contributed by atoms with Crippen molar-refractivity contribution in [2.75, 3.05) is 37.9 Å². The number of aryl methyl sites for hydroxylation is 4. The second-order valence-corrected chi connectivity index (χ2v) is 9.57. The van der Waals surface area contributed by atoms with Gasteiger partial charge >= 0.3 is 0 Å². The van der Waals surface area contributed by atoms with E-state index in [1.807, 2.05) is 51.1 Å². The van der Waals surface area contributed by atoms with Crippen molar-refractivity contribution in [3.63, 3.8) is 0 Å². The third-order valence-corrected chi connectivity index (χ3v) is 6.10. The smallest absolute Gasteiger partial charge is 0.240 e. The molecule has 2 aromatic carbocycles. The molecule has 0 atom stereocenters. The number of hydrogen-bond acceptors (Lipinski definition) is 5. The molecule has 1 amide bonds. The first-order valence-corrected chi connectivity index (χ1v) is 11.9. The molecule has 0 heterocycles. The third kappa shape index (κ3) is 6.62. The predicted molar refractivity (Wildman–Crippen MR) is 124 cm³/mol.